The minimum Gasteiger partial charge on any atom is -0.398 e. The van der Waals surface area contributed by atoms with Gasteiger partial charge in [-0.25, -0.2) is 8.42 Å². The Labute approximate surface area is 108 Å². The third-order valence-electron chi connectivity index (χ3n) is 3.49. The van der Waals surface area contributed by atoms with Crippen molar-refractivity contribution in [2.45, 2.75) is 20.4 Å². The summed E-state index contributed by atoms with van der Waals surface area (Å²) in [5.74, 6) is 0.487. The van der Waals surface area contributed by atoms with Crippen LogP contribution in [-0.2, 0) is 16.4 Å². The average Bonchev–Trinajstić information content (AvgIpc) is 2.32. The summed E-state index contributed by atoms with van der Waals surface area (Å²) in [6.07, 6.45) is 1.78. The van der Waals surface area contributed by atoms with Gasteiger partial charge in [0.25, 0.3) is 0 Å². The zero-order chi connectivity index (χ0) is 13.3. The maximum atomic E-state index is 11.4. The van der Waals surface area contributed by atoms with Gasteiger partial charge >= 0.3 is 0 Å². The number of pyridine rings is 1. The summed E-state index contributed by atoms with van der Waals surface area (Å²) in [7, 11) is -2.82. The Bertz CT molecular complexity index is 541. The number of hydrogen-bond acceptors (Lipinski definition) is 5. The first-order valence-electron chi connectivity index (χ1n) is 6.02. The summed E-state index contributed by atoms with van der Waals surface area (Å²) in [5.41, 5.74) is 9.69. The second-order valence-electron chi connectivity index (χ2n) is 4.85. The Morgan fingerprint density at radius 2 is 1.94 bits per heavy atom. The van der Waals surface area contributed by atoms with Crippen LogP contribution in [0.2, 0.25) is 0 Å². The van der Waals surface area contributed by atoms with Crippen LogP contribution in [0, 0.1) is 13.8 Å². The van der Waals surface area contributed by atoms with Gasteiger partial charge in [0.2, 0.25) is 0 Å². The molecule has 0 spiro atoms. The first-order chi connectivity index (χ1) is 8.39. The third kappa shape index (κ3) is 2.81. The van der Waals surface area contributed by atoms with Gasteiger partial charge in [0.05, 0.1) is 17.2 Å². The van der Waals surface area contributed by atoms with Gasteiger partial charge in [0.1, 0.15) is 0 Å². The van der Waals surface area contributed by atoms with E-state index < -0.39 is 9.84 Å². The van der Waals surface area contributed by atoms with Crippen LogP contribution in [0.25, 0.3) is 0 Å². The third-order valence-corrected chi connectivity index (χ3v) is 5.10. The van der Waals surface area contributed by atoms with Gasteiger partial charge in [-0.2, -0.15) is 0 Å². The average molecular weight is 269 g/mol. The van der Waals surface area contributed by atoms with Crippen molar-refractivity contribution in [2.75, 3.05) is 30.3 Å². The molecule has 0 unspecified atom stereocenters. The number of aryl methyl sites for hydroxylation is 1. The molecular weight excluding hydrogens is 250 g/mol. The highest BCUT2D eigenvalue weighted by Crippen LogP contribution is 2.19. The van der Waals surface area contributed by atoms with Gasteiger partial charge in [-0.1, -0.05) is 0 Å². The first-order valence-corrected chi connectivity index (χ1v) is 7.84. The van der Waals surface area contributed by atoms with Crippen molar-refractivity contribution in [3.05, 3.63) is 23.0 Å². The molecule has 0 aliphatic carbocycles. The molecule has 1 fully saturated rings. The number of aromatic nitrogens is 1. The number of rotatable bonds is 2. The molecule has 5 nitrogen and oxygen atoms in total. The second-order valence-corrected chi connectivity index (χ2v) is 7.16. The Morgan fingerprint density at radius 1 is 1.33 bits per heavy atom. The summed E-state index contributed by atoms with van der Waals surface area (Å²) >= 11 is 0. The zero-order valence-corrected chi connectivity index (χ0v) is 11.6. The molecule has 1 aromatic heterocycles. The fourth-order valence-corrected chi connectivity index (χ4v) is 3.35. The molecule has 2 heterocycles. The standard InChI is InChI=1S/C12H19N3O2S/c1-9-7-14-11(10(2)12(9)13)8-15-3-5-18(16,17)6-4-15/h7H,3-6,8H2,1-2H3,(H2,13,14). The Balaban J connectivity index is 2.09. The Kier molecular flexibility index (Phi) is 3.59. The minimum absolute atomic E-state index is 0.243. The van der Waals surface area contributed by atoms with E-state index in [1.807, 2.05) is 13.8 Å². The normalized spacial score (nSPS) is 19.9. The van der Waals surface area contributed by atoms with E-state index in [4.69, 9.17) is 5.73 Å². The SMILES string of the molecule is Cc1cnc(CN2CCS(=O)(=O)CC2)c(C)c1N. The Morgan fingerprint density at radius 3 is 2.56 bits per heavy atom. The van der Waals surface area contributed by atoms with Crippen LogP contribution in [0.5, 0.6) is 0 Å². The molecule has 6 heteroatoms. The molecule has 2 N–H and O–H groups in total. The molecule has 1 saturated heterocycles. The summed E-state index contributed by atoms with van der Waals surface area (Å²) < 4.78 is 22.7. The quantitative estimate of drug-likeness (QED) is 0.846. The smallest absolute Gasteiger partial charge is 0.152 e. The molecule has 1 aromatic rings. The molecule has 0 amide bonds. The van der Waals surface area contributed by atoms with Gasteiger partial charge in [0.15, 0.2) is 9.84 Å². The molecule has 0 atom stereocenters. The number of nitrogens with two attached hydrogens (primary N) is 1. The maximum absolute atomic E-state index is 11.4. The van der Waals surface area contributed by atoms with Crippen molar-refractivity contribution in [3.63, 3.8) is 0 Å². The van der Waals surface area contributed by atoms with E-state index in [2.05, 4.69) is 9.88 Å². The molecule has 0 radical (unpaired) electrons. The fraction of sp³-hybridized carbons (Fsp3) is 0.583. The minimum atomic E-state index is -2.82. The second kappa shape index (κ2) is 4.85. The highest BCUT2D eigenvalue weighted by atomic mass is 32.2. The van der Waals surface area contributed by atoms with E-state index in [9.17, 15) is 8.42 Å². The number of nitrogen functional groups attached to an aromatic ring is 1. The van der Waals surface area contributed by atoms with E-state index in [1.165, 1.54) is 0 Å². The van der Waals surface area contributed by atoms with Crippen LogP contribution >= 0.6 is 0 Å². The Hall–Kier alpha value is -1.14. The number of nitrogens with zero attached hydrogens (tertiary/aromatic N) is 2. The van der Waals surface area contributed by atoms with Crippen molar-refractivity contribution in [1.82, 2.24) is 9.88 Å². The van der Waals surface area contributed by atoms with Crippen molar-refractivity contribution < 1.29 is 8.42 Å². The van der Waals surface area contributed by atoms with E-state index in [1.54, 1.807) is 6.20 Å². The van der Waals surface area contributed by atoms with Crippen LogP contribution < -0.4 is 5.73 Å². The molecule has 18 heavy (non-hydrogen) atoms. The first kappa shape index (κ1) is 13.3. The summed E-state index contributed by atoms with van der Waals surface area (Å²) in [5, 5.41) is 0. The van der Waals surface area contributed by atoms with Gasteiger partial charge in [-0.05, 0) is 25.0 Å². The lowest BCUT2D eigenvalue weighted by Crippen LogP contribution is -2.40. The highest BCUT2D eigenvalue weighted by Gasteiger charge is 2.22. The molecule has 0 aromatic carbocycles. The predicted molar refractivity (Wildman–Crippen MR) is 72.1 cm³/mol. The van der Waals surface area contributed by atoms with Crippen molar-refractivity contribution >= 4 is 15.5 Å². The molecule has 1 aliphatic heterocycles. The van der Waals surface area contributed by atoms with E-state index in [0.29, 0.717) is 19.6 Å². The summed E-state index contributed by atoms with van der Waals surface area (Å²) in [4.78, 5) is 6.51. The molecular formula is C12H19N3O2S. The van der Waals surface area contributed by atoms with Gasteiger partial charge in [0, 0.05) is 31.5 Å². The highest BCUT2D eigenvalue weighted by molar-refractivity contribution is 7.91. The molecule has 0 bridgehead atoms. The lowest BCUT2D eigenvalue weighted by Gasteiger charge is -2.26. The summed E-state index contributed by atoms with van der Waals surface area (Å²) in [6.45, 7) is 5.73. The van der Waals surface area contributed by atoms with Crippen LogP contribution in [0.4, 0.5) is 5.69 Å². The monoisotopic (exact) mass is 269 g/mol. The largest absolute Gasteiger partial charge is 0.398 e. The fourth-order valence-electron chi connectivity index (χ4n) is 2.07. The van der Waals surface area contributed by atoms with Crippen molar-refractivity contribution in [1.29, 1.82) is 0 Å². The molecule has 100 valence electrons. The molecule has 1 aliphatic rings. The van der Waals surface area contributed by atoms with E-state index in [0.717, 1.165) is 22.5 Å². The maximum Gasteiger partial charge on any atom is 0.152 e. The number of hydrogen-bond donors (Lipinski definition) is 1. The predicted octanol–water partition coefficient (Wildman–Crippen LogP) is 0.511. The topological polar surface area (TPSA) is 76.3 Å². The van der Waals surface area contributed by atoms with Crippen LogP contribution in [0.3, 0.4) is 0 Å². The van der Waals surface area contributed by atoms with Crippen LogP contribution in [0.15, 0.2) is 6.20 Å². The van der Waals surface area contributed by atoms with Crippen molar-refractivity contribution in [3.8, 4) is 0 Å². The zero-order valence-electron chi connectivity index (χ0n) is 10.8. The number of anilines is 1. The number of sulfone groups is 1. The summed E-state index contributed by atoms with van der Waals surface area (Å²) in [6, 6.07) is 0. The molecule has 2 rings (SSSR count). The van der Waals surface area contributed by atoms with Crippen LogP contribution in [-0.4, -0.2) is 42.9 Å². The van der Waals surface area contributed by atoms with Gasteiger partial charge in [-0.3, -0.25) is 9.88 Å². The molecule has 0 saturated carbocycles. The van der Waals surface area contributed by atoms with E-state index in [-0.39, 0.29) is 11.5 Å². The van der Waals surface area contributed by atoms with Crippen LogP contribution in [0.1, 0.15) is 16.8 Å². The van der Waals surface area contributed by atoms with E-state index >= 15 is 0 Å². The lowest BCUT2D eigenvalue weighted by molar-refractivity contribution is 0.284. The van der Waals surface area contributed by atoms with Gasteiger partial charge < -0.3 is 5.73 Å². The van der Waals surface area contributed by atoms with Gasteiger partial charge in [-0.15, -0.1) is 0 Å². The lowest BCUT2D eigenvalue weighted by atomic mass is 10.1. The van der Waals surface area contributed by atoms with Crippen molar-refractivity contribution in [2.24, 2.45) is 0 Å².